The lowest BCUT2D eigenvalue weighted by Gasteiger charge is -2.15. The first-order valence-electron chi connectivity index (χ1n) is 10.4. The van der Waals surface area contributed by atoms with Crippen molar-refractivity contribution < 1.29 is 13.2 Å². The maximum absolute atomic E-state index is 13.6. The minimum Gasteiger partial charge on any atom is -0.325 e. The van der Waals surface area contributed by atoms with E-state index in [1.54, 1.807) is 69.3 Å². The van der Waals surface area contributed by atoms with E-state index in [-0.39, 0.29) is 22.5 Å². The van der Waals surface area contributed by atoms with E-state index in [0.29, 0.717) is 22.0 Å². The van der Waals surface area contributed by atoms with Crippen molar-refractivity contribution in [1.29, 1.82) is 0 Å². The van der Waals surface area contributed by atoms with Gasteiger partial charge in [-0.05, 0) is 74.4 Å². The van der Waals surface area contributed by atoms with Crippen molar-refractivity contribution in [2.24, 2.45) is 0 Å². The summed E-state index contributed by atoms with van der Waals surface area (Å²) in [5.41, 5.74) is 2.02. The van der Waals surface area contributed by atoms with Crippen LogP contribution in [0, 0.1) is 20.8 Å². The molecule has 4 aromatic rings. The van der Waals surface area contributed by atoms with Gasteiger partial charge < -0.3 is 9.88 Å². The van der Waals surface area contributed by atoms with E-state index in [4.69, 9.17) is 11.6 Å². The lowest BCUT2D eigenvalue weighted by atomic mass is 10.2. The van der Waals surface area contributed by atoms with Gasteiger partial charge in [-0.2, -0.15) is 0 Å². The van der Waals surface area contributed by atoms with Crippen LogP contribution in [0.25, 0.3) is 11.0 Å². The lowest BCUT2D eigenvalue weighted by Crippen LogP contribution is -2.24. The summed E-state index contributed by atoms with van der Waals surface area (Å²) in [7, 11) is -4.15. The Kier molecular flexibility index (Phi) is 6.29. The van der Waals surface area contributed by atoms with Gasteiger partial charge in [0.2, 0.25) is 21.2 Å². The second-order valence-electron chi connectivity index (χ2n) is 8.10. The Bertz CT molecular complexity index is 1590. The standard InChI is InChI=1S/C25H22ClN3O4S/c1-15-4-5-16(2)21(12-15)34(32,33)22-13-29(25-20(24(22)31)11-6-17(3)27-25)14-23(30)28-19-9-7-18(26)8-10-19/h4-13H,14H2,1-3H3,(H,28,30). The molecule has 0 radical (unpaired) electrons. The summed E-state index contributed by atoms with van der Waals surface area (Å²) >= 11 is 5.89. The molecule has 0 unspecified atom stereocenters. The highest BCUT2D eigenvalue weighted by atomic mass is 35.5. The third-order valence-electron chi connectivity index (χ3n) is 5.39. The van der Waals surface area contributed by atoms with Gasteiger partial charge in [0.15, 0.2) is 0 Å². The zero-order valence-electron chi connectivity index (χ0n) is 18.8. The quantitative estimate of drug-likeness (QED) is 0.441. The van der Waals surface area contributed by atoms with Gasteiger partial charge in [-0.3, -0.25) is 9.59 Å². The van der Waals surface area contributed by atoms with Crippen molar-refractivity contribution in [3.63, 3.8) is 0 Å². The van der Waals surface area contributed by atoms with E-state index >= 15 is 0 Å². The van der Waals surface area contributed by atoms with Gasteiger partial charge in [0.25, 0.3) is 0 Å². The predicted octanol–water partition coefficient (Wildman–Crippen LogP) is 4.45. The van der Waals surface area contributed by atoms with Gasteiger partial charge in [0, 0.05) is 22.6 Å². The number of amides is 1. The summed E-state index contributed by atoms with van der Waals surface area (Å²) < 4.78 is 28.5. The van der Waals surface area contributed by atoms with Crippen LogP contribution in [-0.2, 0) is 21.2 Å². The molecular weight excluding hydrogens is 474 g/mol. The number of nitrogens with one attached hydrogen (secondary N) is 1. The maximum Gasteiger partial charge on any atom is 0.244 e. The van der Waals surface area contributed by atoms with Crippen LogP contribution in [0.1, 0.15) is 16.8 Å². The Morgan fingerprint density at radius 2 is 1.71 bits per heavy atom. The molecule has 0 saturated heterocycles. The molecule has 0 aliphatic heterocycles. The van der Waals surface area contributed by atoms with Crippen LogP contribution in [0.15, 0.2) is 75.4 Å². The smallest absolute Gasteiger partial charge is 0.244 e. The lowest BCUT2D eigenvalue weighted by molar-refractivity contribution is -0.116. The fourth-order valence-corrected chi connectivity index (χ4v) is 5.46. The highest BCUT2D eigenvalue weighted by Gasteiger charge is 2.26. The number of anilines is 1. The Morgan fingerprint density at radius 1 is 1.00 bits per heavy atom. The molecule has 34 heavy (non-hydrogen) atoms. The third-order valence-corrected chi connectivity index (χ3v) is 7.53. The first-order valence-corrected chi connectivity index (χ1v) is 12.3. The molecule has 0 aliphatic carbocycles. The molecule has 2 heterocycles. The van der Waals surface area contributed by atoms with E-state index in [1.807, 2.05) is 0 Å². The van der Waals surface area contributed by atoms with Gasteiger partial charge >= 0.3 is 0 Å². The predicted molar refractivity (Wildman–Crippen MR) is 132 cm³/mol. The number of hydrogen-bond donors (Lipinski definition) is 1. The summed E-state index contributed by atoms with van der Waals surface area (Å²) in [5, 5.41) is 3.40. The molecule has 0 atom stereocenters. The molecule has 7 nitrogen and oxygen atoms in total. The Hall–Kier alpha value is -3.49. The molecule has 4 rings (SSSR count). The largest absolute Gasteiger partial charge is 0.325 e. The summed E-state index contributed by atoms with van der Waals surface area (Å²) in [6.07, 6.45) is 1.20. The average Bonchev–Trinajstić information content (AvgIpc) is 2.78. The van der Waals surface area contributed by atoms with Crippen molar-refractivity contribution in [3.8, 4) is 0 Å². The minimum atomic E-state index is -4.15. The normalized spacial score (nSPS) is 11.5. The Labute approximate surface area is 202 Å². The molecule has 0 aliphatic rings. The molecule has 1 N–H and O–H groups in total. The number of aryl methyl sites for hydroxylation is 3. The molecule has 1 amide bonds. The molecule has 174 valence electrons. The van der Waals surface area contributed by atoms with E-state index in [9.17, 15) is 18.0 Å². The van der Waals surface area contributed by atoms with Crippen molar-refractivity contribution in [3.05, 3.63) is 92.9 Å². The summed E-state index contributed by atoms with van der Waals surface area (Å²) in [6, 6.07) is 14.8. The second kappa shape index (κ2) is 9.04. The average molecular weight is 496 g/mol. The molecule has 0 bridgehead atoms. The minimum absolute atomic E-state index is 0.0567. The highest BCUT2D eigenvalue weighted by molar-refractivity contribution is 7.91. The molecule has 0 saturated carbocycles. The molecule has 2 aromatic carbocycles. The monoisotopic (exact) mass is 495 g/mol. The number of hydrogen-bond acceptors (Lipinski definition) is 5. The SMILES string of the molecule is Cc1ccc(C)c(S(=O)(=O)c2cn(CC(=O)Nc3ccc(Cl)cc3)c3nc(C)ccc3c2=O)c1. The molecule has 2 aromatic heterocycles. The number of carbonyl (C=O) groups is 1. The zero-order valence-corrected chi connectivity index (χ0v) is 20.4. The number of sulfone groups is 1. The first kappa shape index (κ1) is 23.7. The number of benzene rings is 2. The first-order chi connectivity index (χ1) is 16.1. The summed E-state index contributed by atoms with van der Waals surface area (Å²) in [6.45, 7) is 4.97. The van der Waals surface area contributed by atoms with Crippen LogP contribution in [0.5, 0.6) is 0 Å². The molecule has 0 spiro atoms. The fourth-order valence-electron chi connectivity index (χ4n) is 3.65. The van der Waals surface area contributed by atoms with Crippen LogP contribution < -0.4 is 10.7 Å². The number of fused-ring (bicyclic) bond motifs is 1. The molecular formula is C25H22ClN3O4S. The zero-order chi connectivity index (χ0) is 24.6. The van der Waals surface area contributed by atoms with Crippen LogP contribution in [0.4, 0.5) is 5.69 Å². The number of carbonyl (C=O) groups excluding carboxylic acids is 1. The Balaban J connectivity index is 1.85. The maximum atomic E-state index is 13.6. The van der Waals surface area contributed by atoms with Crippen LogP contribution in [0.2, 0.25) is 5.02 Å². The van der Waals surface area contributed by atoms with Crippen LogP contribution >= 0.6 is 11.6 Å². The van der Waals surface area contributed by atoms with Gasteiger partial charge in [0.1, 0.15) is 17.1 Å². The van der Waals surface area contributed by atoms with Gasteiger partial charge in [0.05, 0.1) is 10.3 Å². The van der Waals surface area contributed by atoms with Crippen molar-refractivity contribution in [2.45, 2.75) is 37.1 Å². The highest BCUT2D eigenvalue weighted by Crippen LogP contribution is 2.25. The van der Waals surface area contributed by atoms with E-state index in [1.165, 1.54) is 16.8 Å². The number of aromatic nitrogens is 2. The van der Waals surface area contributed by atoms with Crippen LogP contribution in [-0.4, -0.2) is 23.9 Å². The van der Waals surface area contributed by atoms with E-state index in [0.717, 1.165) is 5.56 Å². The summed E-state index contributed by atoms with van der Waals surface area (Å²) in [4.78, 5) is 30.1. The van der Waals surface area contributed by atoms with Crippen molar-refractivity contribution >= 4 is 44.1 Å². The topological polar surface area (TPSA) is 98.1 Å². The molecule has 0 fully saturated rings. The van der Waals surface area contributed by atoms with Gasteiger partial charge in [-0.1, -0.05) is 23.7 Å². The fraction of sp³-hybridized carbons (Fsp3) is 0.160. The van der Waals surface area contributed by atoms with E-state index in [2.05, 4.69) is 10.3 Å². The number of halogens is 1. The molecule has 9 heteroatoms. The van der Waals surface area contributed by atoms with Crippen molar-refractivity contribution in [1.82, 2.24) is 9.55 Å². The third kappa shape index (κ3) is 4.60. The Morgan fingerprint density at radius 3 is 2.41 bits per heavy atom. The van der Waals surface area contributed by atoms with E-state index < -0.39 is 26.1 Å². The number of pyridine rings is 2. The summed E-state index contributed by atoms with van der Waals surface area (Å²) in [5.74, 6) is -0.411. The van der Waals surface area contributed by atoms with Gasteiger partial charge in [-0.15, -0.1) is 0 Å². The number of rotatable bonds is 5. The second-order valence-corrected chi connectivity index (χ2v) is 10.4. The van der Waals surface area contributed by atoms with Crippen LogP contribution in [0.3, 0.4) is 0 Å². The van der Waals surface area contributed by atoms with Gasteiger partial charge in [-0.25, -0.2) is 13.4 Å². The van der Waals surface area contributed by atoms with Crippen molar-refractivity contribution in [2.75, 3.05) is 5.32 Å². The number of nitrogens with zero attached hydrogens (tertiary/aromatic N) is 2.